The zero-order chi connectivity index (χ0) is 11.5. The molecule has 2 aromatic rings. The minimum Gasteiger partial charge on any atom is -0.467 e. The normalized spacial score (nSPS) is 10.4. The van der Waals surface area contributed by atoms with Gasteiger partial charge in [0.1, 0.15) is 5.76 Å². The lowest BCUT2D eigenvalue weighted by molar-refractivity contribution is 0.0947. The van der Waals surface area contributed by atoms with Crippen molar-refractivity contribution in [1.82, 2.24) is 10.3 Å². The van der Waals surface area contributed by atoms with Crippen LogP contribution < -0.4 is 5.32 Å². The van der Waals surface area contributed by atoms with Gasteiger partial charge in [-0.1, -0.05) is 0 Å². The van der Waals surface area contributed by atoms with Crippen molar-refractivity contribution in [3.63, 3.8) is 0 Å². The van der Waals surface area contributed by atoms with Gasteiger partial charge in [-0.25, -0.2) is 0 Å². The maximum Gasteiger partial charge on any atom is 0.253 e. The molecule has 0 aliphatic heterocycles. The molecule has 4 nitrogen and oxygen atoms in total. The van der Waals surface area contributed by atoms with E-state index in [0.29, 0.717) is 12.1 Å². The van der Waals surface area contributed by atoms with Crippen LogP contribution in [-0.4, -0.2) is 10.9 Å². The molecule has 0 aliphatic rings. The highest BCUT2D eigenvalue weighted by Crippen LogP contribution is 2.09. The number of aryl methyl sites for hydroxylation is 2. The predicted molar refractivity (Wildman–Crippen MR) is 60.1 cm³/mol. The lowest BCUT2D eigenvalue weighted by Gasteiger charge is -2.01. The van der Waals surface area contributed by atoms with E-state index in [1.165, 1.54) is 0 Å². The van der Waals surface area contributed by atoms with E-state index in [2.05, 4.69) is 10.3 Å². The van der Waals surface area contributed by atoms with Crippen molar-refractivity contribution >= 4 is 5.91 Å². The van der Waals surface area contributed by atoms with Crippen molar-refractivity contribution in [2.75, 3.05) is 0 Å². The number of hydrogen-bond acceptors (Lipinski definition) is 2. The van der Waals surface area contributed by atoms with E-state index in [9.17, 15) is 4.79 Å². The number of nitrogens with one attached hydrogen (secondary N) is 2. The first-order chi connectivity index (χ1) is 7.66. The number of furan rings is 1. The van der Waals surface area contributed by atoms with Gasteiger partial charge < -0.3 is 14.7 Å². The first kappa shape index (κ1) is 10.5. The Hall–Kier alpha value is -1.97. The number of H-pyrrole nitrogens is 1. The summed E-state index contributed by atoms with van der Waals surface area (Å²) in [7, 11) is 0. The Kier molecular flexibility index (Phi) is 2.81. The number of carbonyl (C=O) groups excluding carboxylic acids is 1. The summed E-state index contributed by atoms with van der Waals surface area (Å²) in [6.07, 6.45) is 1.59. The molecule has 0 aromatic carbocycles. The molecule has 0 unspecified atom stereocenters. The van der Waals surface area contributed by atoms with Gasteiger partial charge in [0, 0.05) is 11.4 Å². The predicted octanol–water partition coefficient (Wildman–Crippen LogP) is 2.15. The molecule has 0 aliphatic carbocycles. The molecule has 2 aromatic heterocycles. The molecule has 84 valence electrons. The summed E-state index contributed by atoms with van der Waals surface area (Å²) in [4.78, 5) is 14.9. The molecule has 0 radical (unpaired) electrons. The van der Waals surface area contributed by atoms with Crippen molar-refractivity contribution in [3.05, 3.63) is 47.2 Å². The fourth-order valence-corrected chi connectivity index (χ4v) is 1.64. The van der Waals surface area contributed by atoms with Crippen LogP contribution in [0.5, 0.6) is 0 Å². The maximum atomic E-state index is 11.8. The Morgan fingerprint density at radius 3 is 2.88 bits per heavy atom. The molecule has 2 N–H and O–H groups in total. The van der Waals surface area contributed by atoms with E-state index in [1.807, 2.05) is 26.0 Å². The van der Waals surface area contributed by atoms with Gasteiger partial charge in [-0.3, -0.25) is 4.79 Å². The number of hydrogen-bond donors (Lipinski definition) is 2. The fourth-order valence-electron chi connectivity index (χ4n) is 1.64. The van der Waals surface area contributed by atoms with Crippen LogP contribution in [0.25, 0.3) is 0 Å². The SMILES string of the molecule is Cc1cc(C(=O)NCc2ccco2)c(C)[nH]1. The molecule has 0 saturated carbocycles. The molecule has 2 rings (SSSR count). The largest absolute Gasteiger partial charge is 0.467 e. The molecular formula is C12H14N2O2. The minimum atomic E-state index is -0.0850. The number of carbonyl (C=O) groups is 1. The first-order valence-corrected chi connectivity index (χ1v) is 5.13. The van der Waals surface area contributed by atoms with Crippen LogP contribution in [-0.2, 0) is 6.54 Å². The number of rotatable bonds is 3. The van der Waals surface area contributed by atoms with Crippen molar-refractivity contribution in [3.8, 4) is 0 Å². The summed E-state index contributed by atoms with van der Waals surface area (Å²) in [6, 6.07) is 5.47. The van der Waals surface area contributed by atoms with Crippen LogP contribution >= 0.6 is 0 Å². The molecule has 0 saturated heterocycles. The average Bonchev–Trinajstić information content (AvgIpc) is 2.84. The lowest BCUT2D eigenvalue weighted by atomic mass is 10.2. The number of aromatic amines is 1. The van der Waals surface area contributed by atoms with Crippen LogP contribution in [0.1, 0.15) is 27.5 Å². The third-order valence-corrected chi connectivity index (χ3v) is 2.40. The molecule has 16 heavy (non-hydrogen) atoms. The number of amides is 1. The van der Waals surface area contributed by atoms with Gasteiger partial charge >= 0.3 is 0 Å². The summed E-state index contributed by atoms with van der Waals surface area (Å²) in [5.74, 6) is 0.663. The van der Waals surface area contributed by atoms with Crippen molar-refractivity contribution in [2.45, 2.75) is 20.4 Å². The second-order valence-corrected chi connectivity index (χ2v) is 3.75. The average molecular weight is 218 g/mol. The summed E-state index contributed by atoms with van der Waals surface area (Å²) >= 11 is 0. The molecule has 2 heterocycles. The van der Waals surface area contributed by atoms with Gasteiger partial charge in [-0.05, 0) is 32.0 Å². The summed E-state index contributed by atoms with van der Waals surface area (Å²) in [5, 5.41) is 2.80. The lowest BCUT2D eigenvalue weighted by Crippen LogP contribution is -2.22. The molecular weight excluding hydrogens is 204 g/mol. The van der Waals surface area contributed by atoms with Gasteiger partial charge in [-0.2, -0.15) is 0 Å². The summed E-state index contributed by atoms with van der Waals surface area (Å²) in [5.41, 5.74) is 2.55. The highest BCUT2D eigenvalue weighted by Gasteiger charge is 2.11. The van der Waals surface area contributed by atoms with Crippen LogP contribution in [0.15, 0.2) is 28.9 Å². The van der Waals surface area contributed by atoms with E-state index in [0.717, 1.165) is 17.1 Å². The molecule has 0 bridgehead atoms. The highest BCUT2D eigenvalue weighted by atomic mass is 16.3. The second kappa shape index (κ2) is 4.26. The van der Waals surface area contributed by atoms with Gasteiger partial charge in [0.2, 0.25) is 0 Å². The maximum absolute atomic E-state index is 11.8. The molecule has 1 amide bonds. The smallest absolute Gasteiger partial charge is 0.253 e. The second-order valence-electron chi connectivity index (χ2n) is 3.75. The van der Waals surface area contributed by atoms with Crippen molar-refractivity contribution in [1.29, 1.82) is 0 Å². The third-order valence-electron chi connectivity index (χ3n) is 2.40. The van der Waals surface area contributed by atoms with Crippen LogP contribution in [0.4, 0.5) is 0 Å². The zero-order valence-corrected chi connectivity index (χ0v) is 9.33. The fraction of sp³-hybridized carbons (Fsp3) is 0.250. The van der Waals surface area contributed by atoms with E-state index in [4.69, 9.17) is 4.42 Å². The number of aromatic nitrogens is 1. The van der Waals surface area contributed by atoms with Crippen LogP contribution in [0.2, 0.25) is 0 Å². The topological polar surface area (TPSA) is 58.0 Å². The van der Waals surface area contributed by atoms with Gasteiger partial charge in [-0.15, -0.1) is 0 Å². The van der Waals surface area contributed by atoms with Gasteiger partial charge in [0.25, 0.3) is 5.91 Å². The zero-order valence-electron chi connectivity index (χ0n) is 9.33. The van der Waals surface area contributed by atoms with E-state index in [1.54, 1.807) is 12.3 Å². The first-order valence-electron chi connectivity index (χ1n) is 5.13. The highest BCUT2D eigenvalue weighted by molar-refractivity contribution is 5.95. The van der Waals surface area contributed by atoms with E-state index in [-0.39, 0.29) is 5.91 Å². The molecule has 0 atom stereocenters. The Labute approximate surface area is 93.7 Å². The van der Waals surface area contributed by atoms with Gasteiger partial charge in [0.05, 0.1) is 18.4 Å². The Morgan fingerprint density at radius 1 is 1.50 bits per heavy atom. The van der Waals surface area contributed by atoms with E-state index >= 15 is 0 Å². The van der Waals surface area contributed by atoms with Crippen molar-refractivity contribution < 1.29 is 9.21 Å². The van der Waals surface area contributed by atoms with E-state index < -0.39 is 0 Å². The molecule has 0 fully saturated rings. The Morgan fingerprint density at radius 2 is 2.31 bits per heavy atom. The Bertz CT molecular complexity index is 483. The monoisotopic (exact) mass is 218 g/mol. The third kappa shape index (κ3) is 2.16. The summed E-state index contributed by atoms with van der Waals surface area (Å²) in [6.45, 7) is 4.22. The Balaban J connectivity index is 2.01. The van der Waals surface area contributed by atoms with Crippen molar-refractivity contribution in [2.24, 2.45) is 0 Å². The standard InChI is InChI=1S/C12H14N2O2/c1-8-6-11(9(2)14-8)12(15)13-7-10-4-3-5-16-10/h3-6,14H,7H2,1-2H3,(H,13,15). The van der Waals surface area contributed by atoms with Crippen LogP contribution in [0.3, 0.4) is 0 Å². The minimum absolute atomic E-state index is 0.0850. The molecule has 0 spiro atoms. The summed E-state index contributed by atoms with van der Waals surface area (Å²) < 4.78 is 5.13. The van der Waals surface area contributed by atoms with Gasteiger partial charge in [0.15, 0.2) is 0 Å². The molecule has 4 heteroatoms. The van der Waals surface area contributed by atoms with Crippen LogP contribution in [0, 0.1) is 13.8 Å². The quantitative estimate of drug-likeness (QED) is 0.829.